The third-order valence-electron chi connectivity index (χ3n) is 1.55. The van der Waals surface area contributed by atoms with Crippen molar-refractivity contribution in [1.29, 1.82) is 0 Å². The summed E-state index contributed by atoms with van der Waals surface area (Å²) in [5, 5.41) is 0. The second-order valence-corrected chi connectivity index (χ2v) is 5.69. The fourth-order valence-electron chi connectivity index (χ4n) is 1.14. The first-order valence-electron chi connectivity index (χ1n) is 5.65. The molecule has 16 heavy (non-hydrogen) atoms. The van der Waals surface area contributed by atoms with E-state index in [9.17, 15) is 4.79 Å². The Kier molecular flexibility index (Phi) is 5.04. The average molecular weight is 228 g/mol. The van der Waals surface area contributed by atoms with Gasteiger partial charge in [-0.25, -0.2) is 0 Å². The Hall–Kier alpha value is -0.990. The van der Waals surface area contributed by atoms with Gasteiger partial charge in [0.25, 0.3) is 0 Å². The lowest BCUT2D eigenvalue weighted by molar-refractivity contribution is -0.111. The number of carbonyl (C=O) groups excluding carboxylic acids is 1. The van der Waals surface area contributed by atoms with Crippen molar-refractivity contribution in [3.8, 4) is 0 Å². The van der Waals surface area contributed by atoms with Gasteiger partial charge < -0.3 is 9.47 Å². The number of carbonyl (C=O) groups is 1. The van der Waals surface area contributed by atoms with Gasteiger partial charge in [-0.05, 0) is 41.5 Å². The first kappa shape index (κ1) is 15.0. The molecule has 94 valence electrons. The molecule has 0 heterocycles. The van der Waals surface area contributed by atoms with Gasteiger partial charge in [0.2, 0.25) is 0 Å². The molecule has 0 aliphatic heterocycles. The zero-order valence-electron chi connectivity index (χ0n) is 11.5. The van der Waals surface area contributed by atoms with E-state index in [1.807, 2.05) is 48.5 Å². The maximum absolute atomic E-state index is 11.0. The summed E-state index contributed by atoms with van der Waals surface area (Å²) in [7, 11) is 0. The molecule has 0 spiro atoms. The number of rotatable bonds is 4. The van der Waals surface area contributed by atoms with Gasteiger partial charge in [-0.3, -0.25) is 4.79 Å². The minimum Gasteiger partial charge on any atom is -0.489 e. The quantitative estimate of drug-likeness (QED) is 0.420. The first-order valence-corrected chi connectivity index (χ1v) is 5.65. The van der Waals surface area contributed by atoms with E-state index in [-0.39, 0.29) is 5.60 Å². The molecular formula is C13H24O3. The van der Waals surface area contributed by atoms with Crippen LogP contribution in [0.25, 0.3) is 0 Å². The van der Waals surface area contributed by atoms with Gasteiger partial charge >= 0.3 is 0 Å². The van der Waals surface area contributed by atoms with Gasteiger partial charge in [-0.15, -0.1) is 0 Å². The molecule has 0 saturated heterocycles. The predicted octanol–water partition coefficient (Wildman–Crippen LogP) is 3.44. The minimum absolute atomic E-state index is 0.296. The van der Waals surface area contributed by atoms with Gasteiger partial charge in [0, 0.05) is 6.42 Å². The van der Waals surface area contributed by atoms with E-state index in [0.29, 0.717) is 17.9 Å². The lowest BCUT2D eigenvalue weighted by Gasteiger charge is -2.27. The molecule has 0 aliphatic rings. The van der Waals surface area contributed by atoms with Crippen molar-refractivity contribution in [3.63, 3.8) is 0 Å². The number of ether oxygens (including phenoxy) is 2. The normalized spacial score (nSPS) is 14.2. The van der Waals surface area contributed by atoms with Gasteiger partial charge in [0.1, 0.15) is 17.0 Å². The van der Waals surface area contributed by atoms with Gasteiger partial charge in [-0.2, -0.15) is 0 Å². The highest BCUT2D eigenvalue weighted by Gasteiger charge is 2.20. The molecule has 0 rings (SSSR count). The van der Waals surface area contributed by atoms with Crippen LogP contribution in [0.1, 0.15) is 54.9 Å². The van der Waals surface area contributed by atoms with Crippen LogP contribution in [-0.4, -0.2) is 17.5 Å². The smallest absolute Gasteiger partial charge is 0.197 e. The Morgan fingerprint density at radius 3 is 1.69 bits per heavy atom. The SMILES string of the molecule is CC/C(OC(C)(C)C)=C(\C=O)OC(C)(C)C. The molecule has 0 saturated carbocycles. The molecule has 0 N–H and O–H groups in total. The van der Waals surface area contributed by atoms with Crippen LogP contribution >= 0.6 is 0 Å². The highest BCUT2D eigenvalue weighted by Crippen LogP contribution is 2.22. The van der Waals surface area contributed by atoms with Crippen molar-refractivity contribution in [2.24, 2.45) is 0 Å². The lowest BCUT2D eigenvalue weighted by Crippen LogP contribution is -2.24. The van der Waals surface area contributed by atoms with Crippen LogP contribution in [0.15, 0.2) is 11.5 Å². The molecule has 3 heteroatoms. The maximum Gasteiger partial charge on any atom is 0.197 e. The van der Waals surface area contributed by atoms with Crippen molar-refractivity contribution in [3.05, 3.63) is 11.5 Å². The first-order chi connectivity index (χ1) is 7.09. The Bertz CT molecular complexity index is 264. The predicted molar refractivity (Wildman–Crippen MR) is 65.1 cm³/mol. The summed E-state index contributed by atoms with van der Waals surface area (Å²) in [5.74, 6) is 0.905. The van der Waals surface area contributed by atoms with Crippen molar-refractivity contribution in [2.75, 3.05) is 0 Å². The summed E-state index contributed by atoms with van der Waals surface area (Å²) >= 11 is 0. The van der Waals surface area contributed by atoms with E-state index in [2.05, 4.69) is 0 Å². The van der Waals surface area contributed by atoms with Crippen LogP contribution in [0.5, 0.6) is 0 Å². The summed E-state index contributed by atoms with van der Waals surface area (Å²) in [4.78, 5) is 11.0. The van der Waals surface area contributed by atoms with E-state index in [1.54, 1.807) is 0 Å². The molecule has 0 aliphatic carbocycles. The molecule has 0 amide bonds. The highest BCUT2D eigenvalue weighted by molar-refractivity contribution is 5.71. The van der Waals surface area contributed by atoms with E-state index >= 15 is 0 Å². The van der Waals surface area contributed by atoms with Crippen LogP contribution in [0.2, 0.25) is 0 Å². The number of allylic oxidation sites excluding steroid dienone is 2. The summed E-state index contributed by atoms with van der Waals surface area (Å²) in [6.07, 6.45) is 1.36. The summed E-state index contributed by atoms with van der Waals surface area (Å²) < 4.78 is 11.3. The fraction of sp³-hybridized carbons (Fsp3) is 0.769. The largest absolute Gasteiger partial charge is 0.489 e. The average Bonchev–Trinajstić information content (AvgIpc) is 2.07. The zero-order valence-corrected chi connectivity index (χ0v) is 11.5. The van der Waals surface area contributed by atoms with Gasteiger partial charge in [-0.1, -0.05) is 6.92 Å². The Labute approximate surface area is 98.8 Å². The van der Waals surface area contributed by atoms with Gasteiger partial charge in [0.15, 0.2) is 12.0 Å². The maximum atomic E-state index is 11.0. The molecule has 0 aromatic rings. The number of aldehydes is 1. The Morgan fingerprint density at radius 1 is 1.00 bits per heavy atom. The monoisotopic (exact) mass is 228 g/mol. The molecule has 0 atom stereocenters. The van der Waals surface area contributed by atoms with E-state index in [4.69, 9.17) is 9.47 Å². The molecule has 0 aromatic carbocycles. The molecule has 0 bridgehead atoms. The van der Waals surface area contributed by atoms with Crippen molar-refractivity contribution in [2.45, 2.75) is 66.1 Å². The third kappa shape index (κ3) is 6.49. The minimum atomic E-state index is -0.391. The van der Waals surface area contributed by atoms with E-state index < -0.39 is 5.60 Å². The van der Waals surface area contributed by atoms with Crippen molar-refractivity contribution in [1.82, 2.24) is 0 Å². The van der Waals surface area contributed by atoms with E-state index in [1.165, 1.54) is 0 Å². The van der Waals surface area contributed by atoms with Crippen molar-refractivity contribution < 1.29 is 14.3 Å². The topological polar surface area (TPSA) is 35.5 Å². The second-order valence-electron chi connectivity index (χ2n) is 5.69. The molecule has 0 radical (unpaired) electrons. The van der Waals surface area contributed by atoms with Crippen LogP contribution in [0.4, 0.5) is 0 Å². The molecule has 0 fully saturated rings. The van der Waals surface area contributed by atoms with Crippen LogP contribution in [0.3, 0.4) is 0 Å². The Balaban J connectivity index is 4.99. The lowest BCUT2D eigenvalue weighted by atomic mass is 10.1. The van der Waals surface area contributed by atoms with Crippen LogP contribution in [-0.2, 0) is 14.3 Å². The number of hydrogen-bond donors (Lipinski definition) is 0. The molecule has 3 nitrogen and oxygen atoms in total. The highest BCUT2D eigenvalue weighted by atomic mass is 16.5. The summed E-state index contributed by atoms with van der Waals surface area (Å²) in [5.41, 5.74) is -0.710. The summed E-state index contributed by atoms with van der Waals surface area (Å²) in [6, 6.07) is 0. The fourth-order valence-corrected chi connectivity index (χ4v) is 1.14. The second kappa shape index (κ2) is 5.37. The van der Waals surface area contributed by atoms with Crippen molar-refractivity contribution >= 4 is 6.29 Å². The molecular weight excluding hydrogens is 204 g/mol. The summed E-state index contributed by atoms with van der Waals surface area (Å²) in [6.45, 7) is 13.5. The standard InChI is InChI=1S/C13H24O3/c1-8-10(15-12(2,3)4)11(9-14)16-13(5,6)7/h9H,8H2,1-7H3/b11-10-. The van der Waals surface area contributed by atoms with Crippen LogP contribution < -0.4 is 0 Å². The third-order valence-corrected chi connectivity index (χ3v) is 1.55. The number of hydrogen-bond acceptors (Lipinski definition) is 3. The van der Waals surface area contributed by atoms with E-state index in [0.717, 1.165) is 6.29 Å². The molecule has 0 aromatic heterocycles. The Morgan fingerprint density at radius 2 is 1.44 bits per heavy atom. The van der Waals surface area contributed by atoms with Crippen LogP contribution in [0, 0.1) is 0 Å². The van der Waals surface area contributed by atoms with Gasteiger partial charge in [0.05, 0.1) is 0 Å². The zero-order chi connectivity index (χ0) is 13.0. The molecule has 0 unspecified atom stereocenters.